The Hall–Kier alpha value is -1.31. The van der Waals surface area contributed by atoms with Crippen LogP contribution in [0, 0.1) is 0 Å². The van der Waals surface area contributed by atoms with Crippen LogP contribution in [0.5, 0.6) is 0 Å². The predicted octanol–water partition coefficient (Wildman–Crippen LogP) is 0.260. The summed E-state index contributed by atoms with van der Waals surface area (Å²) >= 11 is 0. The topological polar surface area (TPSA) is 58.6 Å². The molecular weight excluding hydrogens is 241 g/mol. The molecule has 0 aliphatic carbocycles. The Morgan fingerprint density at radius 1 is 1.47 bits per heavy atom. The van der Waals surface area contributed by atoms with Crippen molar-refractivity contribution in [3.63, 3.8) is 0 Å². The molecule has 1 N–H and O–H groups in total. The van der Waals surface area contributed by atoms with Crippen LogP contribution in [-0.2, 0) is 14.3 Å². The van der Waals surface area contributed by atoms with Crippen LogP contribution in [0.1, 0.15) is 13.3 Å². The van der Waals surface area contributed by atoms with E-state index >= 15 is 0 Å². The van der Waals surface area contributed by atoms with E-state index in [2.05, 4.69) is 10.1 Å². The van der Waals surface area contributed by atoms with Gasteiger partial charge in [-0.3, -0.25) is 14.3 Å². The standard InChI is InChI=1S/C9H13F3N2O3/c1-6-8(16)14(3-2-7(15)13-6)4-5-17-9(10,11)12/h6H,2-5H2,1H3,(H,13,15). The SMILES string of the molecule is CC1NC(=O)CCN(CCOC(F)(F)F)C1=O. The van der Waals surface area contributed by atoms with Gasteiger partial charge in [0.2, 0.25) is 11.8 Å². The van der Waals surface area contributed by atoms with Crippen molar-refractivity contribution in [2.45, 2.75) is 25.7 Å². The van der Waals surface area contributed by atoms with Crippen LogP contribution < -0.4 is 5.32 Å². The third kappa shape index (κ3) is 4.59. The Morgan fingerprint density at radius 3 is 2.71 bits per heavy atom. The van der Waals surface area contributed by atoms with E-state index in [0.29, 0.717) is 0 Å². The molecule has 5 nitrogen and oxygen atoms in total. The second-order valence-electron chi connectivity index (χ2n) is 3.66. The van der Waals surface area contributed by atoms with Crippen molar-refractivity contribution in [2.24, 2.45) is 0 Å². The number of nitrogens with zero attached hydrogens (tertiary/aromatic N) is 1. The molecule has 1 fully saturated rings. The zero-order valence-corrected chi connectivity index (χ0v) is 9.21. The van der Waals surface area contributed by atoms with Crippen LogP contribution >= 0.6 is 0 Å². The smallest absolute Gasteiger partial charge is 0.345 e. The lowest BCUT2D eigenvalue weighted by atomic mass is 10.3. The largest absolute Gasteiger partial charge is 0.522 e. The Bertz CT molecular complexity index is 306. The molecular formula is C9H13F3N2O3. The van der Waals surface area contributed by atoms with E-state index in [-0.39, 0.29) is 25.4 Å². The van der Waals surface area contributed by atoms with Crippen molar-refractivity contribution >= 4 is 11.8 Å². The molecule has 1 rings (SSSR count). The molecule has 1 unspecified atom stereocenters. The lowest BCUT2D eigenvalue weighted by molar-refractivity contribution is -0.324. The molecule has 0 bridgehead atoms. The summed E-state index contributed by atoms with van der Waals surface area (Å²) in [7, 11) is 0. The van der Waals surface area contributed by atoms with Crippen LogP contribution in [0.25, 0.3) is 0 Å². The first-order chi connectivity index (χ1) is 7.79. The highest BCUT2D eigenvalue weighted by Gasteiger charge is 2.31. The van der Waals surface area contributed by atoms with Gasteiger partial charge in [0.1, 0.15) is 6.04 Å². The molecule has 0 aromatic carbocycles. The molecule has 98 valence electrons. The molecule has 1 saturated heterocycles. The second kappa shape index (κ2) is 5.35. The Labute approximate surface area is 95.9 Å². The summed E-state index contributed by atoms with van der Waals surface area (Å²) in [6, 6.07) is -0.712. The Kier molecular flexibility index (Phi) is 4.33. The molecule has 1 heterocycles. The summed E-state index contributed by atoms with van der Waals surface area (Å²) in [6.07, 6.45) is -4.61. The van der Waals surface area contributed by atoms with Gasteiger partial charge in [-0.25, -0.2) is 0 Å². The maximum atomic E-state index is 11.7. The van der Waals surface area contributed by atoms with Gasteiger partial charge in [-0.15, -0.1) is 13.2 Å². The van der Waals surface area contributed by atoms with Gasteiger partial charge in [0.05, 0.1) is 6.61 Å². The monoisotopic (exact) mass is 254 g/mol. The van der Waals surface area contributed by atoms with Crippen LogP contribution in [0.2, 0.25) is 0 Å². The van der Waals surface area contributed by atoms with Crippen LogP contribution in [-0.4, -0.2) is 48.8 Å². The van der Waals surface area contributed by atoms with Gasteiger partial charge in [-0.05, 0) is 6.92 Å². The summed E-state index contributed by atoms with van der Waals surface area (Å²) in [5, 5.41) is 2.43. The van der Waals surface area contributed by atoms with Crippen molar-refractivity contribution in [3.8, 4) is 0 Å². The Morgan fingerprint density at radius 2 is 2.12 bits per heavy atom. The van der Waals surface area contributed by atoms with Gasteiger partial charge in [-0.1, -0.05) is 0 Å². The number of carbonyl (C=O) groups excluding carboxylic acids is 2. The van der Waals surface area contributed by atoms with Crippen molar-refractivity contribution in [3.05, 3.63) is 0 Å². The highest BCUT2D eigenvalue weighted by molar-refractivity contribution is 5.89. The molecule has 1 aliphatic heterocycles. The van der Waals surface area contributed by atoms with Crippen molar-refractivity contribution in [2.75, 3.05) is 19.7 Å². The molecule has 0 radical (unpaired) electrons. The maximum Gasteiger partial charge on any atom is 0.522 e. The third-order valence-corrected chi connectivity index (χ3v) is 2.30. The minimum atomic E-state index is -4.70. The van der Waals surface area contributed by atoms with Crippen LogP contribution in [0.3, 0.4) is 0 Å². The number of ether oxygens (including phenoxy) is 1. The number of amides is 2. The van der Waals surface area contributed by atoms with E-state index in [9.17, 15) is 22.8 Å². The number of carbonyl (C=O) groups is 2. The lowest BCUT2D eigenvalue weighted by Gasteiger charge is -2.22. The van der Waals surface area contributed by atoms with E-state index in [0.717, 1.165) is 0 Å². The van der Waals surface area contributed by atoms with Crippen molar-refractivity contribution < 1.29 is 27.5 Å². The fourth-order valence-corrected chi connectivity index (χ4v) is 1.49. The summed E-state index contributed by atoms with van der Waals surface area (Å²) < 4.78 is 38.8. The van der Waals surface area contributed by atoms with E-state index < -0.39 is 24.9 Å². The molecule has 2 amide bonds. The minimum Gasteiger partial charge on any atom is -0.345 e. The van der Waals surface area contributed by atoms with Crippen molar-refractivity contribution in [1.29, 1.82) is 0 Å². The zero-order chi connectivity index (χ0) is 13.1. The first-order valence-corrected chi connectivity index (χ1v) is 5.08. The van der Waals surface area contributed by atoms with Gasteiger partial charge in [0.15, 0.2) is 0 Å². The minimum absolute atomic E-state index is 0.0854. The maximum absolute atomic E-state index is 11.7. The zero-order valence-electron chi connectivity index (χ0n) is 9.21. The van der Waals surface area contributed by atoms with Gasteiger partial charge in [0, 0.05) is 19.5 Å². The first-order valence-electron chi connectivity index (χ1n) is 5.08. The highest BCUT2D eigenvalue weighted by Crippen LogP contribution is 2.16. The van der Waals surface area contributed by atoms with Gasteiger partial charge in [-0.2, -0.15) is 0 Å². The molecule has 0 aromatic heterocycles. The molecule has 1 aliphatic rings. The predicted molar refractivity (Wildman–Crippen MR) is 50.8 cm³/mol. The summed E-state index contributed by atoms with van der Waals surface area (Å²) in [6.45, 7) is 0.785. The van der Waals surface area contributed by atoms with E-state index in [1.54, 1.807) is 0 Å². The van der Waals surface area contributed by atoms with Gasteiger partial charge < -0.3 is 10.2 Å². The van der Waals surface area contributed by atoms with E-state index in [4.69, 9.17) is 0 Å². The Balaban J connectivity index is 2.46. The lowest BCUT2D eigenvalue weighted by Crippen LogP contribution is -2.44. The summed E-state index contributed by atoms with van der Waals surface area (Å²) in [5.74, 6) is -0.688. The molecule has 1 atom stereocenters. The summed E-state index contributed by atoms with van der Waals surface area (Å²) in [4.78, 5) is 23.9. The number of rotatable bonds is 3. The number of alkyl halides is 3. The first kappa shape index (κ1) is 13.8. The van der Waals surface area contributed by atoms with Crippen LogP contribution in [0.15, 0.2) is 0 Å². The van der Waals surface area contributed by atoms with Crippen LogP contribution in [0.4, 0.5) is 13.2 Å². The fourth-order valence-electron chi connectivity index (χ4n) is 1.49. The number of hydrogen-bond acceptors (Lipinski definition) is 3. The quantitative estimate of drug-likeness (QED) is 0.786. The van der Waals surface area contributed by atoms with Gasteiger partial charge in [0.25, 0.3) is 0 Å². The number of halogens is 3. The number of nitrogens with one attached hydrogen (secondary N) is 1. The highest BCUT2D eigenvalue weighted by atomic mass is 19.4. The molecule has 0 saturated carbocycles. The van der Waals surface area contributed by atoms with E-state index in [1.165, 1.54) is 11.8 Å². The molecule has 0 spiro atoms. The average Bonchev–Trinajstić information content (AvgIpc) is 2.29. The van der Waals surface area contributed by atoms with Crippen molar-refractivity contribution in [1.82, 2.24) is 10.2 Å². The third-order valence-electron chi connectivity index (χ3n) is 2.30. The number of hydrogen-bond donors (Lipinski definition) is 1. The summed E-state index contributed by atoms with van der Waals surface area (Å²) in [5.41, 5.74) is 0. The van der Waals surface area contributed by atoms with Gasteiger partial charge >= 0.3 is 6.36 Å². The average molecular weight is 254 g/mol. The van der Waals surface area contributed by atoms with E-state index in [1.807, 2.05) is 0 Å². The normalized spacial score (nSPS) is 22.4. The fraction of sp³-hybridized carbons (Fsp3) is 0.778. The molecule has 0 aromatic rings. The molecule has 17 heavy (non-hydrogen) atoms. The second-order valence-corrected chi connectivity index (χ2v) is 3.66. The molecule has 8 heteroatoms.